The predicted octanol–water partition coefficient (Wildman–Crippen LogP) is 2.75. The van der Waals surface area contributed by atoms with Gasteiger partial charge in [0.15, 0.2) is 0 Å². The van der Waals surface area contributed by atoms with Gasteiger partial charge in [0.05, 0.1) is 3.79 Å². The second-order valence-corrected chi connectivity index (χ2v) is 6.18. The van der Waals surface area contributed by atoms with Gasteiger partial charge in [-0.1, -0.05) is 6.92 Å². The Morgan fingerprint density at radius 2 is 2.41 bits per heavy atom. The van der Waals surface area contributed by atoms with Crippen LogP contribution in [0.5, 0.6) is 0 Å². The summed E-state index contributed by atoms with van der Waals surface area (Å²) in [6.45, 7) is 3.02. The van der Waals surface area contributed by atoms with E-state index in [9.17, 15) is 0 Å². The van der Waals surface area contributed by atoms with Crippen molar-refractivity contribution in [1.82, 2.24) is 14.8 Å². The van der Waals surface area contributed by atoms with Crippen LogP contribution in [0.15, 0.2) is 21.6 Å². The molecule has 2 aromatic rings. The molecule has 1 unspecified atom stereocenters. The summed E-state index contributed by atoms with van der Waals surface area (Å²) in [6.07, 6.45) is 3.38. The Kier molecular flexibility index (Phi) is 4.31. The molecule has 0 aliphatic heterocycles. The number of rotatable bonds is 5. The Morgan fingerprint density at radius 1 is 1.59 bits per heavy atom. The number of thiophene rings is 1. The molecule has 2 aromatic heterocycles. The molecule has 0 aromatic carbocycles. The van der Waals surface area contributed by atoms with Crippen molar-refractivity contribution in [2.24, 2.45) is 5.73 Å². The molecule has 0 amide bonds. The van der Waals surface area contributed by atoms with Gasteiger partial charge in [-0.15, -0.1) is 11.3 Å². The standard InChI is InChI=1S/C11H15BrN4S/c1-2-3-16-11(14-7-15-16)5-9(13)8-4-10(12)17-6-8/h4,6-7,9H,2-3,5,13H2,1H3. The smallest absolute Gasteiger partial charge is 0.138 e. The third-order valence-electron chi connectivity index (χ3n) is 2.55. The van der Waals surface area contributed by atoms with E-state index < -0.39 is 0 Å². The molecule has 0 aliphatic rings. The van der Waals surface area contributed by atoms with Gasteiger partial charge in [0, 0.05) is 19.0 Å². The van der Waals surface area contributed by atoms with Gasteiger partial charge < -0.3 is 5.73 Å². The summed E-state index contributed by atoms with van der Waals surface area (Å²) < 4.78 is 3.04. The number of hydrogen-bond acceptors (Lipinski definition) is 4. The molecule has 0 saturated heterocycles. The minimum absolute atomic E-state index is 0.0163. The van der Waals surface area contributed by atoms with Crippen molar-refractivity contribution in [3.8, 4) is 0 Å². The van der Waals surface area contributed by atoms with Crippen LogP contribution < -0.4 is 5.73 Å². The number of hydrogen-bond donors (Lipinski definition) is 1. The molecule has 2 heterocycles. The molecular formula is C11H15BrN4S. The molecule has 92 valence electrons. The summed E-state index contributed by atoms with van der Waals surface area (Å²) >= 11 is 5.10. The zero-order chi connectivity index (χ0) is 12.3. The van der Waals surface area contributed by atoms with Crippen LogP contribution >= 0.6 is 27.3 Å². The van der Waals surface area contributed by atoms with Crippen LogP contribution in [0.2, 0.25) is 0 Å². The SMILES string of the molecule is CCCn1ncnc1CC(N)c1csc(Br)c1. The first kappa shape index (κ1) is 12.7. The normalized spacial score (nSPS) is 12.9. The van der Waals surface area contributed by atoms with Crippen LogP contribution in [-0.2, 0) is 13.0 Å². The van der Waals surface area contributed by atoms with Crippen LogP contribution in [0, 0.1) is 0 Å². The van der Waals surface area contributed by atoms with Crippen molar-refractivity contribution in [3.05, 3.63) is 32.9 Å². The van der Waals surface area contributed by atoms with E-state index in [4.69, 9.17) is 5.73 Å². The van der Waals surface area contributed by atoms with E-state index in [0.29, 0.717) is 0 Å². The molecule has 6 heteroatoms. The fourth-order valence-electron chi connectivity index (χ4n) is 1.68. The van der Waals surface area contributed by atoms with Gasteiger partial charge in [0.25, 0.3) is 0 Å². The van der Waals surface area contributed by atoms with E-state index in [2.05, 4.69) is 44.4 Å². The van der Waals surface area contributed by atoms with Crippen LogP contribution in [-0.4, -0.2) is 14.8 Å². The molecule has 0 spiro atoms. The molecule has 2 N–H and O–H groups in total. The first-order chi connectivity index (χ1) is 8.20. The Morgan fingerprint density at radius 3 is 3.06 bits per heavy atom. The molecule has 0 radical (unpaired) electrons. The summed E-state index contributed by atoms with van der Waals surface area (Å²) in [5, 5.41) is 6.28. The zero-order valence-corrected chi connectivity index (χ0v) is 12.0. The van der Waals surface area contributed by atoms with Crippen LogP contribution in [0.25, 0.3) is 0 Å². The van der Waals surface area contributed by atoms with Gasteiger partial charge in [-0.2, -0.15) is 5.10 Å². The molecule has 0 saturated carbocycles. The first-order valence-electron chi connectivity index (χ1n) is 5.57. The number of nitrogens with two attached hydrogens (primary N) is 1. The van der Waals surface area contributed by atoms with Crippen molar-refractivity contribution in [3.63, 3.8) is 0 Å². The van der Waals surface area contributed by atoms with Gasteiger partial charge in [-0.05, 0) is 39.4 Å². The number of halogens is 1. The van der Waals surface area contributed by atoms with E-state index in [0.717, 1.165) is 34.6 Å². The zero-order valence-electron chi connectivity index (χ0n) is 9.64. The monoisotopic (exact) mass is 314 g/mol. The second kappa shape index (κ2) is 5.75. The number of aromatic nitrogens is 3. The summed E-state index contributed by atoms with van der Waals surface area (Å²) in [4.78, 5) is 4.27. The van der Waals surface area contributed by atoms with Crippen molar-refractivity contribution < 1.29 is 0 Å². The molecule has 0 bridgehead atoms. The summed E-state index contributed by atoms with van der Waals surface area (Å²) in [5.74, 6) is 0.960. The first-order valence-corrected chi connectivity index (χ1v) is 7.24. The number of aryl methyl sites for hydroxylation is 1. The third-order valence-corrected chi connectivity index (χ3v) is 4.07. The lowest BCUT2D eigenvalue weighted by Crippen LogP contribution is -2.16. The molecule has 0 fully saturated rings. The van der Waals surface area contributed by atoms with Gasteiger partial charge in [-0.3, -0.25) is 4.68 Å². The average Bonchev–Trinajstić information content (AvgIpc) is 2.89. The highest BCUT2D eigenvalue weighted by Gasteiger charge is 2.13. The van der Waals surface area contributed by atoms with E-state index in [1.165, 1.54) is 0 Å². The molecule has 17 heavy (non-hydrogen) atoms. The van der Waals surface area contributed by atoms with Crippen molar-refractivity contribution in [2.75, 3.05) is 0 Å². The summed E-state index contributed by atoms with van der Waals surface area (Å²) in [6, 6.07) is 2.05. The molecule has 4 nitrogen and oxygen atoms in total. The van der Waals surface area contributed by atoms with E-state index in [1.54, 1.807) is 17.7 Å². The minimum atomic E-state index is -0.0163. The van der Waals surface area contributed by atoms with E-state index >= 15 is 0 Å². The van der Waals surface area contributed by atoms with Crippen LogP contribution in [0.1, 0.15) is 30.8 Å². The molecule has 2 rings (SSSR count). The average molecular weight is 315 g/mol. The maximum atomic E-state index is 6.17. The highest BCUT2D eigenvalue weighted by atomic mass is 79.9. The quantitative estimate of drug-likeness (QED) is 0.923. The summed E-state index contributed by atoms with van der Waals surface area (Å²) in [5.41, 5.74) is 7.32. The van der Waals surface area contributed by atoms with E-state index in [1.807, 2.05) is 4.68 Å². The van der Waals surface area contributed by atoms with Crippen LogP contribution in [0.4, 0.5) is 0 Å². The topological polar surface area (TPSA) is 56.7 Å². The molecule has 0 aliphatic carbocycles. The van der Waals surface area contributed by atoms with Gasteiger partial charge in [0.1, 0.15) is 12.2 Å². The lowest BCUT2D eigenvalue weighted by molar-refractivity contribution is 0.548. The minimum Gasteiger partial charge on any atom is -0.324 e. The van der Waals surface area contributed by atoms with Crippen molar-refractivity contribution in [1.29, 1.82) is 0 Å². The lowest BCUT2D eigenvalue weighted by atomic mass is 10.1. The molecule has 1 atom stereocenters. The van der Waals surface area contributed by atoms with E-state index in [-0.39, 0.29) is 6.04 Å². The number of nitrogens with zero attached hydrogens (tertiary/aromatic N) is 3. The Labute approximate surface area is 113 Å². The Balaban J connectivity index is 2.07. The van der Waals surface area contributed by atoms with Crippen molar-refractivity contribution in [2.45, 2.75) is 32.4 Å². The highest BCUT2D eigenvalue weighted by Crippen LogP contribution is 2.25. The van der Waals surface area contributed by atoms with Gasteiger partial charge in [0.2, 0.25) is 0 Å². The fraction of sp³-hybridized carbons (Fsp3) is 0.455. The maximum absolute atomic E-state index is 6.17. The lowest BCUT2D eigenvalue weighted by Gasteiger charge is -2.10. The highest BCUT2D eigenvalue weighted by molar-refractivity contribution is 9.11. The van der Waals surface area contributed by atoms with Gasteiger partial charge >= 0.3 is 0 Å². The molecular weight excluding hydrogens is 300 g/mol. The second-order valence-electron chi connectivity index (χ2n) is 3.89. The maximum Gasteiger partial charge on any atom is 0.138 e. The Bertz CT molecular complexity index is 479. The van der Waals surface area contributed by atoms with Crippen LogP contribution in [0.3, 0.4) is 0 Å². The van der Waals surface area contributed by atoms with Crippen molar-refractivity contribution >= 4 is 27.3 Å². The van der Waals surface area contributed by atoms with Gasteiger partial charge in [-0.25, -0.2) is 4.98 Å². The third kappa shape index (κ3) is 3.14. The largest absolute Gasteiger partial charge is 0.324 e. The predicted molar refractivity (Wildman–Crippen MR) is 73.0 cm³/mol. The fourth-order valence-corrected chi connectivity index (χ4v) is 2.92. The Hall–Kier alpha value is -0.720. The summed E-state index contributed by atoms with van der Waals surface area (Å²) in [7, 11) is 0.